The summed E-state index contributed by atoms with van der Waals surface area (Å²) in [6, 6.07) is 0. The fourth-order valence-electron chi connectivity index (χ4n) is 3.00. The number of rotatable bonds is 4. The maximum Gasteiger partial charge on any atom is 0.312 e. The van der Waals surface area contributed by atoms with Crippen LogP contribution in [0.4, 0.5) is 5.13 Å². The van der Waals surface area contributed by atoms with Crippen LogP contribution in [0, 0.1) is 5.92 Å². The number of carboxylic acid groups (broad SMARTS) is 1. The fraction of sp³-hybridized carbons (Fsp3) is 0.714. The van der Waals surface area contributed by atoms with Gasteiger partial charge in [-0.05, 0) is 32.6 Å². The minimum Gasteiger partial charge on any atom is -0.481 e. The Hall–Kier alpha value is -1.14. The van der Waals surface area contributed by atoms with E-state index in [1.807, 2.05) is 0 Å². The highest BCUT2D eigenvalue weighted by molar-refractivity contribution is 7.15. The smallest absolute Gasteiger partial charge is 0.312 e. The van der Waals surface area contributed by atoms with Crippen molar-refractivity contribution in [2.75, 3.05) is 18.5 Å². The second kappa shape index (κ2) is 5.69. The summed E-state index contributed by atoms with van der Waals surface area (Å²) in [4.78, 5) is 16.9. The number of nitrogens with zero attached hydrogens (tertiary/aromatic N) is 1. The van der Waals surface area contributed by atoms with Crippen LogP contribution in [0.1, 0.15) is 42.7 Å². The Bertz CT molecular complexity index is 503. The lowest BCUT2D eigenvalue weighted by atomic mass is 9.91. The van der Waals surface area contributed by atoms with E-state index in [-0.39, 0.29) is 0 Å². The normalized spacial score (nSPS) is 29.1. The van der Waals surface area contributed by atoms with E-state index in [4.69, 9.17) is 4.74 Å². The molecule has 0 aromatic carbocycles. The van der Waals surface area contributed by atoms with Crippen LogP contribution in [-0.2, 0) is 16.0 Å². The Morgan fingerprint density at radius 3 is 3.10 bits per heavy atom. The first kappa shape index (κ1) is 13.8. The molecule has 1 aromatic rings. The van der Waals surface area contributed by atoms with Gasteiger partial charge >= 0.3 is 5.97 Å². The average molecular weight is 296 g/mol. The maximum absolute atomic E-state index is 11.3. The minimum absolute atomic E-state index is 0.295. The number of aromatic nitrogens is 1. The third kappa shape index (κ3) is 2.67. The lowest BCUT2D eigenvalue weighted by Crippen LogP contribution is -2.20. The monoisotopic (exact) mass is 296 g/mol. The molecule has 1 aromatic heterocycles. The van der Waals surface area contributed by atoms with Gasteiger partial charge in [0.25, 0.3) is 0 Å². The van der Waals surface area contributed by atoms with Gasteiger partial charge in [0.15, 0.2) is 5.13 Å². The average Bonchev–Trinajstić information content (AvgIpc) is 3.01. The number of thiazole rings is 1. The zero-order chi connectivity index (χ0) is 14.1. The van der Waals surface area contributed by atoms with Gasteiger partial charge in [-0.15, -0.1) is 11.3 Å². The molecule has 2 heterocycles. The van der Waals surface area contributed by atoms with Crippen molar-refractivity contribution < 1.29 is 14.6 Å². The highest BCUT2D eigenvalue weighted by Gasteiger charge is 2.30. The molecule has 5 nitrogen and oxygen atoms in total. The molecule has 1 aliphatic heterocycles. The molecule has 2 aliphatic rings. The number of anilines is 1. The summed E-state index contributed by atoms with van der Waals surface area (Å²) in [5, 5.41) is 13.5. The van der Waals surface area contributed by atoms with E-state index in [1.54, 1.807) is 11.3 Å². The van der Waals surface area contributed by atoms with Gasteiger partial charge in [-0.3, -0.25) is 4.79 Å². The van der Waals surface area contributed by atoms with Crippen molar-refractivity contribution in [2.45, 2.75) is 44.6 Å². The molecule has 2 N–H and O–H groups in total. The lowest BCUT2D eigenvalue weighted by Gasteiger charge is -2.16. The van der Waals surface area contributed by atoms with Crippen molar-refractivity contribution in [1.29, 1.82) is 0 Å². The first-order valence-corrected chi connectivity index (χ1v) is 8.04. The summed E-state index contributed by atoms with van der Waals surface area (Å²) < 4.78 is 5.55. The van der Waals surface area contributed by atoms with Crippen LogP contribution in [0.5, 0.6) is 0 Å². The Kier molecular flexibility index (Phi) is 3.94. The molecule has 1 saturated heterocycles. The van der Waals surface area contributed by atoms with Gasteiger partial charge in [-0.25, -0.2) is 4.98 Å². The van der Waals surface area contributed by atoms with Gasteiger partial charge in [0.2, 0.25) is 0 Å². The van der Waals surface area contributed by atoms with E-state index in [1.165, 1.54) is 0 Å². The summed E-state index contributed by atoms with van der Waals surface area (Å²) in [5.74, 6) is -0.647. The largest absolute Gasteiger partial charge is 0.481 e. The topological polar surface area (TPSA) is 71.5 Å². The van der Waals surface area contributed by atoms with Crippen molar-refractivity contribution in [3.05, 3.63) is 10.6 Å². The predicted molar refractivity (Wildman–Crippen MR) is 77.4 cm³/mol. The Morgan fingerprint density at radius 2 is 2.40 bits per heavy atom. The van der Waals surface area contributed by atoms with Gasteiger partial charge in [-0.1, -0.05) is 0 Å². The summed E-state index contributed by atoms with van der Waals surface area (Å²) in [5.41, 5.74) is 0.784. The quantitative estimate of drug-likeness (QED) is 0.893. The van der Waals surface area contributed by atoms with Crippen molar-refractivity contribution in [1.82, 2.24) is 4.98 Å². The molecule has 0 radical (unpaired) electrons. The summed E-state index contributed by atoms with van der Waals surface area (Å²) in [7, 11) is 0. The molecule has 0 spiro atoms. The molecule has 1 fully saturated rings. The summed E-state index contributed by atoms with van der Waals surface area (Å²) in [6.45, 7) is 3.79. The fourth-order valence-corrected chi connectivity index (χ4v) is 4.07. The number of nitrogens with one attached hydrogen (secondary N) is 1. The molecule has 0 saturated carbocycles. The van der Waals surface area contributed by atoms with Gasteiger partial charge in [0, 0.05) is 23.9 Å². The van der Waals surface area contributed by atoms with Crippen molar-refractivity contribution >= 4 is 22.4 Å². The molecule has 3 atom stereocenters. The molecule has 1 aliphatic carbocycles. The first-order chi connectivity index (χ1) is 9.65. The molecular formula is C14H20N2O3S. The molecule has 0 bridgehead atoms. The molecule has 110 valence electrons. The number of fused-ring (bicyclic) bond motifs is 1. The standard InChI is InChI=1S/C14H20N2O3S/c1-8-9(5-6-19-8)7-15-14-16-12-10(13(17)18)3-2-4-11(12)20-14/h8-10H,2-7H2,1H3,(H,15,16)(H,17,18). The predicted octanol–water partition coefficient (Wildman–Crippen LogP) is 2.48. The Morgan fingerprint density at radius 1 is 1.55 bits per heavy atom. The lowest BCUT2D eigenvalue weighted by molar-refractivity contribution is -0.139. The first-order valence-electron chi connectivity index (χ1n) is 7.23. The highest BCUT2D eigenvalue weighted by atomic mass is 32.1. The summed E-state index contributed by atoms with van der Waals surface area (Å²) >= 11 is 1.61. The van der Waals surface area contributed by atoms with Crippen molar-refractivity contribution in [3.63, 3.8) is 0 Å². The van der Waals surface area contributed by atoms with E-state index < -0.39 is 11.9 Å². The highest BCUT2D eigenvalue weighted by Crippen LogP contribution is 2.37. The van der Waals surface area contributed by atoms with Crippen LogP contribution in [0.3, 0.4) is 0 Å². The number of carboxylic acids is 1. The third-order valence-corrected chi connectivity index (χ3v) is 5.39. The second-order valence-electron chi connectivity index (χ2n) is 5.62. The van der Waals surface area contributed by atoms with Crippen molar-refractivity contribution in [2.24, 2.45) is 5.92 Å². The Labute approximate surface area is 122 Å². The molecule has 3 rings (SSSR count). The van der Waals surface area contributed by atoms with E-state index in [0.717, 1.165) is 48.1 Å². The number of hydrogen-bond donors (Lipinski definition) is 2. The molecular weight excluding hydrogens is 276 g/mol. The number of ether oxygens (including phenoxy) is 1. The third-order valence-electron chi connectivity index (χ3n) is 4.30. The van der Waals surface area contributed by atoms with Crippen LogP contribution in [0.2, 0.25) is 0 Å². The van der Waals surface area contributed by atoms with E-state index >= 15 is 0 Å². The van der Waals surface area contributed by atoms with Crippen LogP contribution >= 0.6 is 11.3 Å². The van der Waals surface area contributed by atoms with Crippen LogP contribution in [0.15, 0.2) is 0 Å². The number of carbonyl (C=O) groups is 1. The minimum atomic E-state index is -0.749. The van der Waals surface area contributed by atoms with Gasteiger partial charge in [0.1, 0.15) is 5.92 Å². The SMILES string of the molecule is CC1OCCC1CNc1nc2c(s1)CCCC2C(=O)O. The zero-order valence-corrected chi connectivity index (χ0v) is 12.4. The number of aliphatic carboxylic acids is 1. The number of aryl methyl sites for hydroxylation is 1. The zero-order valence-electron chi connectivity index (χ0n) is 11.6. The van der Waals surface area contributed by atoms with Crippen LogP contribution in [-0.4, -0.2) is 35.3 Å². The Balaban J connectivity index is 1.68. The van der Waals surface area contributed by atoms with E-state index in [2.05, 4.69) is 17.2 Å². The van der Waals surface area contributed by atoms with E-state index in [9.17, 15) is 9.90 Å². The number of hydrogen-bond acceptors (Lipinski definition) is 5. The van der Waals surface area contributed by atoms with Gasteiger partial charge in [0.05, 0.1) is 11.8 Å². The molecule has 6 heteroatoms. The second-order valence-corrected chi connectivity index (χ2v) is 6.70. The molecule has 20 heavy (non-hydrogen) atoms. The van der Waals surface area contributed by atoms with Crippen LogP contribution in [0.25, 0.3) is 0 Å². The maximum atomic E-state index is 11.3. The van der Waals surface area contributed by atoms with Crippen LogP contribution < -0.4 is 5.32 Å². The molecule has 0 amide bonds. The van der Waals surface area contributed by atoms with Crippen molar-refractivity contribution in [3.8, 4) is 0 Å². The van der Waals surface area contributed by atoms with Gasteiger partial charge < -0.3 is 15.2 Å². The summed E-state index contributed by atoms with van der Waals surface area (Å²) in [6.07, 6.45) is 3.99. The van der Waals surface area contributed by atoms with Gasteiger partial charge in [-0.2, -0.15) is 0 Å². The molecule has 3 unspecified atom stereocenters. The van der Waals surface area contributed by atoms with E-state index in [0.29, 0.717) is 18.4 Å².